The van der Waals surface area contributed by atoms with Crippen molar-refractivity contribution >= 4 is 11.6 Å². The number of carbonyl (C=O) groups excluding carboxylic acids is 1. The fraction of sp³-hybridized carbons (Fsp3) is 0.650. The maximum Gasteiger partial charge on any atom is 0.268 e. The zero-order valence-corrected chi connectivity index (χ0v) is 15.3. The molecule has 1 spiro atoms. The standard InChI is InChI=1S/C20H27F2NO3/c1-13(2)20(26)9-7-19(8-10-20)11-12-23(18(19)25)15-5-3-14(4-6-15)16(24)17(21)22/h3-6,13,16-17,24,26H,7-12H2,1-2H3/t16?,19-,20+. The van der Waals surface area contributed by atoms with Gasteiger partial charge in [0.15, 0.2) is 0 Å². The molecule has 144 valence electrons. The van der Waals surface area contributed by atoms with Crippen molar-refractivity contribution < 1.29 is 23.8 Å². The quantitative estimate of drug-likeness (QED) is 0.854. The van der Waals surface area contributed by atoms with Crippen molar-refractivity contribution in [3.05, 3.63) is 29.8 Å². The molecule has 1 aliphatic carbocycles. The largest absolute Gasteiger partial charge is 0.390 e. The Labute approximate surface area is 152 Å². The first kappa shape index (κ1) is 19.2. The maximum absolute atomic E-state index is 13.1. The summed E-state index contributed by atoms with van der Waals surface area (Å²) < 4.78 is 25.2. The number of hydrogen-bond acceptors (Lipinski definition) is 3. The van der Waals surface area contributed by atoms with Crippen LogP contribution in [0, 0.1) is 11.3 Å². The Kier molecular flexibility index (Phi) is 5.10. The van der Waals surface area contributed by atoms with Crippen LogP contribution >= 0.6 is 0 Å². The molecule has 2 N–H and O–H groups in total. The second kappa shape index (κ2) is 6.89. The van der Waals surface area contributed by atoms with E-state index in [4.69, 9.17) is 0 Å². The molecular weight excluding hydrogens is 340 g/mol. The lowest BCUT2D eigenvalue weighted by molar-refractivity contribution is -0.132. The van der Waals surface area contributed by atoms with Crippen LogP contribution in [0.25, 0.3) is 0 Å². The summed E-state index contributed by atoms with van der Waals surface area (Å²) in [6, 6.07) is 6.13. The van der Waals surface area contributed by atoms with Crippen molar-refractivity contribution in [2.45, 2.75) is 64.1 Å². The van der Waals surface area contributed by atoms with Gasteiger partial charge in [-0.2, -0.15) is 0 Å². The average Bonchev–Trinajstić information content (AvgIpc) is 2.94. The molecule has 0 radical (unpaired) electrons. The van der Waals surface area contributed by atoms with Crippen LogP contribution in [-0.2, 0) is 4.79 Å². The summed E-state index contributed by atoms with van der Waals surface area (Å²) in [5.41, 5.74) is -0.291. The minimum atomic E-state index is -2.83. The molecule has 1 atom stereocenters. The Morgan fingerprint density at radius 3 is 2.12 bits per heavy atom. The van der Waals surface area contributed by atoms with Gasteiger partial charge in [-0.15, -0.1) is 0 Å². The van der Waals surface area contributed by atoms with E-state index in [0.717, 1.165) is 6.42 Å². The van der Waals surface area contributed by atoms with E-state index in [1.54, 1.807) is 17.0 Å². The normalized spacial score (nSPS) is 30.6. The SMILES string of the molecule is CC(C)[C@]1(O)CC[C@]2(CCN(c3ccc(C(O)C(F)F)cc3)C2=O)CC1. The van der Waals surface area contributed by atoms with Gasteiger partial charge in [0.2, 0.25) is 5.91 Å². The van der Waals surface area contributed by atoms with E-state index in [9.17, 15) is 23.8 Å². The van der Waals surface area contributed by atoms with E-state index in [2.05, 4.69) is 0 Å². The number of aliphatic hydroxyl groups is 2. The Bertz CT molecular complexity index is 652. The molecule has 1 aromatic rings. The number of hydrogen-bond donors (Lipinski definition) is 2. The minimum absolute atomic E-state index is 0.0606. The summed E-state index contributed by atoms with van der Waals surface area (Å²) in [6.07, 6.45) is -1.27. The van der Waals surface area contributed by atoms with Gasteiger partial charge in [0.25, 0.3) is 6.43 Å². The van der Waals surface area contributed by atoms with Gasteiger partial charge in [-0.1, -0.05) is 26.0 Å². The highest BCUT2D eigenvalue weighted by Gasteiger charge is 2.52. The van der Waals surface area contributed by atoms with Gasteiger partial charge in [-0.25, -0.2) is 8.78 Å². The molecular formula is C20H27F2NO3. The van der Waals surface area contributed by atoms with Crippen LogP contribution in [0.3, 0.4) is 0 Å². The van der Waals surface area contributed by atoms with Gasteiger partial charge in [0.05, 0.1) is 11.0 Å². The lowest BCUT2D eigenvalue weighted by Crippen LogP contribution is -2.46. The fourth-order valence-corrected chi connectivity index (χ4v) is 4.27. The van der Waals surface area contributed by atoms with E-state index in [1.165, 1.54) is 12.1 Å². The zero-order valence-electron chi connectivity index (χ0n) is 15.3. The topological polar surface area (TPSA) is 60.8 Å². The number of anilines is 1. The van der Waals surface area contributed by atoms with E-state index >= 15 is 0 Å². The van der Waals surface area contributed by atoms with Crippen molar-refractivity contribution in [3.8, 4) is 0 Å². The predicted molar refractivity (Wildman–Crippen MR) is 95.1 cm³/mol. The van der Waals surface area contributed by atoms with Gasteiger partial charge in [0.1, 0.15) is 6.10 Å². The van der Waals surface area contributed by atoms with E-state index in [0.29, 0.717) is 37.9 Å². The molecule has 1 aliphatic heterocycles. The van der Waals surface area contributed by atoms with Crippen molar-refractivity contribution in [1.29, 1.82) is 0 Å². The minimum Gasteiger partial charge on any atom is -0.390 e. The molecule has 1 saturated carbocycles. The van der Waals surface area contributed by atoms with Crippen LogP contribution in [0.15, 0.2) is 24.3 Å². The van der Waals surface area contributed by atoms with Crippen molar-refractivity contribution in [1.82, 2.24) is 0 Å². The molecule has 0 bridgehead atoms. The number of aliphatic hydroxyl groups excluding tert-OH is 1. The average molecular weight is 367 g/mol. The van der Waals surface area contributed by atoms with Crippen molar-refractivity contribution in [2.75, 3.05) is 11.4 Å². The number of amides is 1. The van der Waals surface area contributed by atoms with Crippen LogP contribution in [0.4, 0.5) is 14.5 Å². The molecule has 26 heavy (non-hydrogen) atoms. The second-order valence-corrected chi connectivity index (χ2v) is 8.12. The molecule has 4 nitrogen and oxygen atoms in total. The van der Waals surface area contributed by atoms with Crippen molar-refractivity contribution in [2.24, 2.45) is 11.3 Å². The molecule has 1 aromatic carbocycles. The van der Waals surface area contributed by atoms with Crippen LogP contribution in [0.5, 0.6) is 0 Å². The van der Waals surface area contributed by atoms with Gasteiger partial charge in [0, 0.05) is 12.2 Å². The molecule has 6 heteroatoms. The summed E-state index contributed by atoms with van der Waals surface area (Å²) in [6.45, 7) is 4.61. The maximum atomic E-state index is 13.1. The van der Waals surface area contributed by atoms with Crippen LogP contribution < -0.4 is 4.90 Å². The smallest absolute Gasteiger partial charge is 0.268 e. The third-order valence-electron chi connectivity index (χ3n) is 6.45. The Balaban J connectivity index is 1.72. The molecule has 1 amide bonds. The van der Waals surface area contributed by atoms with Gasteiger partial charge in [-0.05, 0) is 55.7 Å². The number of carbonyl (C=O) groups is 1. The number of alkyl halides is 2. The zero-order chi connectivity index (χ0) is 19.1. The molecule has 3 rings (SSSR count). The first-order chi connectivity index (χ1) is 12.2. The summed E-state index contributed by atoms with van der Waals surface area (Å²) in [5.74, 6) is 0.228. The molecule has 0 aromatic heterocycles. The Morgan fingerprint density at radius 1 is 1.04 bits per heavy atom. The number of rotatable bonds is 4. The van der Waals surface area contributed by atoms with E-state index in [1.807, 2.05) is 13.8 Å². The third kappa shape index (κ3) is 3.25. The van der Waals surface area contributed by atoms with Gasteiger partial charge < -0.3 is 15.1 Å². The highest BCUT2D eigenvalue weighted by Crippen LogP contribution is 2.50. The summed E-state index contributed by atoms with van der Waals surface area (Å²) in [4.78, 5) is 14.8. The summed E-state index contributed by atoms with van der Waals surface area (Å²) >= 11 is 0. The number of halogens is 2. The van der Waals surface area contributed by atoms with Crippen molar-refractivity contribution in [3.63, 3.8) is 0 Å². The number of nitrogens with zero attached hydrogens (tertiary/aromatic N) is 1. The molecule has 1 unspecified atom stereocenters. The highest BCUT2D eigenvalue weighted by molar-refractivity contribution is 6.00. The first-order valence-corrected chi connectivity index (χ1v) is 9.29. The highest BCUT2D eigenvalue weighted by atomic mass is 19.3. The molecule has 2 aliphatic rings. The second-order valence-electron chi connectivity index (χ2n) is 8.12. The molecule has 2 fully saturated rings. The monoisotopic (exact) mass is 367 g/mol. The van der Waals surface area contributed by atoms with Crippen LogP contribution in [-0.4, -0.2) is 34.7 Å². The first-order valence-electron chi connectivity index (χ1n) is 9.29. The summed E-state index contributed by atoms with van der Waals surface area (Å²) in [7, 11) is 0. The van der Waals surface area contributed by atoms with Gasteiger partial charge >= 0.3 is 0 Å². The van der Waals surface area contributed by atoms with E-state index < -0.39 is 23.5 Å². The lowest BCUT2D eigenvalue weighted by Gasteiger charge is -2.43. The Morgan fingerprint density at radius 2 is 1.62 bits per heavy atom. The molecule has 1 saturated heterocycles. The lowest BCUT2D eigenvalue weighted by atomic mass is 9.65. The summed E-state index contributed by atoms with van der Waals surface area (Å²) in [5, 5.41) is 20.1. The van der Waals surface area contributed by atoms with E-state index in [-0.39, 0.29) is 17.4 Å². The number of benzene rings is 1. The third-order valence-corrected chi connectivity index (χ3v) is 6.45. The fourth-order valence-electron chi connectivity index (χ4n) is 4.27. The Hall–Kier alpha value is -1.53. The molecule has 1 heterocycles. The predicted octanol–water partition coefficient (Wildman–Crippen LogP) is 3.67. The van der Waals surface area contributed by atoms with Gasteiger partial charge in [-0.3, -0.25) is 4.79 Å². The van der Waals surface area contributed by atoms with Crippen LogP contribution in [0.1, 0.15) is 57.6 Å². The van der Waals surface area contributed by atoms with Crippen LogP contribution in [0.2, 0.25) is 0 Å².